The predicted molar refractivity (Wildman–Crippen MR) is 119 cm³/mol. The third kappa shape index (κ3) is 5.19. The van der Waals surface area contributed by atoms with Crippen LogP contribution in [0.15, 0.2) is 46.2 Å². The van der Waals surface area contributed by atoms with Crippen molar-refractivity contribution >= 4 is 37.2 Å². The number of sulfonamides is 1. The molecule has 8 nitrogen and oxygen atoms in total. The summed E-state index contributed by atoms with van der Waals surface area (Å²) in [7, 11) is -7.73. The Morgan fingerprint density at radius 1 is 1.03 bits per heavy atom. The number of benzene rings is 2. The van der Waals surface area contributed by atoms with Gasteiger partial charge in [-0.2, -0.15) is 0 Å². The van der Waals surface area contributed by atoms with Crippen LogP contribution < -0.4 is 9.62 Å². The maximum Gasteiger partial charge on any atom is 0.335 e. The molecule has 1 fully saturated rings. The van der Waals surface area contributed by atoms with Crippen molar-refractivity contribution in [3.05, 3.63) is 47.5 Å². The van der Waals surface area contributed by atoms with Gasteiger partial charge in [-0.25, -0.2) is 21.6 Å². The average molecular weight is 467 g/mol. The summed E-state index contributed by atoms with van der Waals surface area (Å²) in [4.78, 5) is 13.3. The number of sulfone groups is 1. The van der Waals surface area contributed by atoms with Gasteiger partial charge in [-0.3, -0.25) is 4.72 Å². The summed E-state index contributed by atoms with van der Waals surface area (Å²) in [6.07, 6.45) is 4.45. The molecule has 0 bridgehead atoms. The number of hydrogen-bond donors (Lipinski definition) is 2. The lowest BCUT2D eigenvalue weighted by Gasteiger charge is -2.31. The summed E-state index contributed by atoms with van der Waals surface area (Å²) in [6, 6.07) is 8.39. The number of hydrogen-bond acceptors (Lipinski definition) is 6. The van der Waals surface area contributed by atoms with Crippen molar-refractivity contribution in [3.8, 4) is 0 Å². The first kappa shape index (κ1) is 23.1. The number of aromatic carboxylic acids is 1. The zero-order valence-corrected chi connectivity index (χ0v) is 19.1. The normalized spacial score (nSPS) is 15.0. The highest BCUT2D eigenvalue weighted by Gasteiger charge is 2.24. The van der Waals surface area contributed by atoms with E-state index in [0.717, 1.165) is 44.7 Å². The molecular formula is C21H26N2O6S2. The van der Waals surface area contributed by atoms with Crippen LogP contribution >= 0.6 is 0 Å². The minimum atomic E-state index is -4.17. The number of nitrogens with zero attached hydrogens (tertiary/aromatic N) is 1. The lowest BCUT2D eigenvalue weighted by molar-refractivity contribution is 0.0696. The van der Waals surface area contributed by atoms with Gasteiger partial charge in [-0.1, -0.05) is 13.0 Å². The Kier molecular flexibility index (Phi) is 6.61. The zero-order chi connectivity index (χ0) is 22.8. The zero-order valence-electron chi connectivity index (χ0n) is 17.5. The summed E-state index contributed by atoms with van der Waals surface area (Å²) in [5.41, 5.74) is 1.09. The second-order valence-electron chi connectivity index (χ2n) is 7.59. The molecule has 1 saturated heterocycles. The molecule has 0 unspecified atom stereocenters. The van der Waals surface area contributed by atoms with E-state index in [1.165, 1.54) is 24.3 Å². The Labute approximate surface area is 182 Å². The summed E-state index contributed by atoms with van der Waals surface area (Å²) < 4.78 is 53.2. The third-order valence-corrected chi connectivity index (χ3v) is 7.88. The number of nitrogens with one attached hydrogen (secondary N) is 1. The van der Waals surface area contributed by atoms with Crippen molar-refractivity contribution in [1.82, 2.24) is 0 Å². The quantitative estimate of drug-likeness (QED) is 0.643. The van der Waals surface area contributed by atoms with E-state index in [-0.39, 0.29) is 21.0 Å². The SMILES string of the molecule is CCc1ccc(C(=O)O)cc1S(=O)(=O)Nc1cc(S(C)(=O)=O)ccc1N1CCCCC1. The van der Waals surface area contributed by atoms with Gasteiger partial charge in [0.2, 0.25) is 0 Å². The predicted octanol–water partition coefficient (Wildman–Crippen LogP) is 3.14. The lowest BCUT2D eigenvalue weighted by atomic mass is 10.1. The summed E-state index contributed by atoms with van der Waals surface area (Å²) in [6.45, 7) is 3.25. The van der Waals surface area contributed by atoms with Gasteiger partial charge in [0.15, 0.2) is 9.84 Å². The van der Waals surface area contributed by atoms with Crippen LogP contribution in [0.25, 0.3) is 0 Å². The molecule has 0 aliphatic carbocycles. The van der Waals surface area contributed by atoms with E-state index in [1.807, 2.05) is 4.90 Å². The number of carboxylic acids is 1. The number of piperidine rings is 1. The number of anilines is 2. The van der Waals surface area contributed by atoms with Crippen molar-refractivity contribution in [3.63, 3.8) is 0 Å². The average Bonchev–Trinajstić information content (AvgIpc) is 2.73. The number of carboxylic acid groups (broad SMARTS) is 1. The molecule has 2 N–H and O–H groups in total. The smallest absolute Gasteiger partial charge is 0.335 e. The molecule has 0 amide bonds. The molecule has 1 aliphatic heterocycles. The minimum Gasteiger partial charge on any atom is -0.478 e. The number of rotatable bonds is 7. The van der Waals surface area contributed by atoms with Crippen LogP contribution in [-0.4, -0.2) is 47.3 Å². The molecule has 168 valence electrons. The monoisotopic (exact) mass is 466 g/mol. The summed E-state index contributed by atoms with van der Waals surface area (Å²) >= 11 is 0. The van der Waals surface area contributed by atoms with E-state index in [1.54, 1.807) is 13.0 Å². The van der Waals surface area contributed by atoms with Crippen LogP contribution in [0.3, 0.4) is 0 Å². The molecular weight excluding hydrogens is 440 g/mol. The van der Waals surface area contributed by atoms with Crippen LogP contribution in [0.1, 0.15) is 42.1 Å². The number of aryl methyl sites for hydroxylation is 1. The van der Waals surface area contributed by atoms with Crippen LogP contribution in [-0.2, 0) is 26.3 Å². The topological polar surface area (TPSA) is 121 Å². The van der Waals surface area contributed by atoms with Gasteiger partial charge in [0.25, 0.3) is 10.0 Å². The van der Waals surface area contributed by atoms with Crippen molar-refractivity contribution in [2.45, 2.75) is 42.4 Å². The van der Waals surface area contributed by atoms with Gasteiger partial charge in [0.1, 0.15) is 0 Å². The Hall–Kier alpha value is -2.59. The largest absolute Gasteiger partial charge is 0.478 e. The molecule has 2 aromatic rings. The second-order valence-corrected chi connectivity index (χ2v) is 11.3. The molecule has 0 saturated carbocycles. The van der Waals surface area contributed by atoms with Crippen molar-refractivity contribution in [2.75, 3.05) is 29.0 Å². The van der Waals surface area contributed by atoms with E-state index in [4.69, 9.17) is 0 Å². The van der Waals surface area contributed by atoms with Gasteiger partial charge in [-0.15, -0.1) is 0 Å². The molecule has 0 aromatic heterocycles. The second kappa shape index (κ2) is 8.88. The Balaban J connectivity index is 2.11. The van der Waals surface area contributed by atoms with Crippen molar-refractivity contribution in [2.24, 2.45) is 0 Å². The number of carbonyl (C=O) groups is 1. The molecule has 1 aliphatic rings. The van der Waals surface area contributed by atoms with Gasteiger partial charge < -0.3 is 10.0 Å². The standard InChI is InChI=1S/C21H26N2O6S2/c1-3-15-7-8-16(21(24)25)13-20(15)31(28,29)22-18-14-17(30(2,26)27)9-10-19(18)23-11-5-4-6-12-23/h7-10,13-14,22H,3-6,11-12H2,1-2H3,(H,24,25). The van der Waals surface area contributed by atoms with Crippen LogP contribution in [0.4, 0.5) is 11.4 Å². The molecule has 0 spiro atoms. The maximum atomic E-state index is 13.3. The first-order chi connectivity index (χ1) is 14.5. The highest BCUT2D eigenvalue weighted by Crippen LogP contribution is 2.33. The van der Waals surface area contributed by atoms with Gasteiger partial charge in [0.05, 0.1) is 26.7 Å². The molecule has 0 atom stereocenters. The Bertz CT molecular complexity index is 1200. The first-order valence-corrected chi connectivity index (χ1v) is 13.4. The van der Waals surface area contributed by atoms with E-state index in [0.29, 0.717) is 17.7 Å². The first-order valence-electron chi connectivity index (χ1n) is 10.0. The van der Waals surface area contributed by atoms with Crippen LogP contribution in [0.5, 0.6) is 0 Å². The van der Waals surface area contributed by atoms with Gasteiger partial charge in [-0.05, 0) is 61.6 Å². The Morgan fingerprint density at radius 2 is 1.71 bits per heavy atom. The van der Waals surface area contributed by atoms with E-state index in [2.05, 4.69) is 4.72 Å². The summed E-state index contributed by atoms with van der Waals surface area (Å²) in [5, 5.41) is 9.28. The van der Waals surface area contributed by atoms with E-state index < -0.39 is 25.8 Å². The minimum absolute atomic E-state index is 0.000890. The van der Waals surface area contributed by atoms with Crippen LogP contribution in [0, 0.1) is 0 Å². The molecule has 10 heteroatoms. The molecule has 1 heterocycles. The van der Waals surface area contributed by atoms with Crippen molar-refractivity contribution in [1.29, 1.82) is 0 Å². The van der Waals surface area contributed by atoms with Gasteiger partial charge in [0, 0.05) is 19.3 Å². The molecule has 31 heavy (non-hydrogen) atoms. The highest BCUT2D eigenvalue weighted by atomic mass is 32.2. The Morgan fingerprint density at radius 3 is 2.29 bits per heavy atom. The van der Waals surface area contributed by atoms with Crippen LogP contribution in [0.2, 0.25) is 0 Å². The fourth-order valence-electron chi connectivity index (χ4n) is 3.67. The fourth-order valence-corrected chi connectivity index (χ4v) is 5.72. The lowest BCUT2D eigenvalue weighted by Crippen LogP contribution is -2.30. The summed E-state index contributed by atoms with van der Waals surface area (Å²) in [5.74, 6) is -1.23. The fraction of sp³-hybridized carbons (Fsp3) is 0.381. The van der Waals surface area contributed by atoms with E-state index >= 15 is 0 Å². The third-order valence-electron chi connectivity index (χ3n) is 5.32. The molecule has 2 aromatic carbocycles. The molecule has 3 rings (SSSR count). The van der Waals surface area contributed by atoms with Gasteiger partial charge >= 0.3 is 5.97 Å². The van der Waals surface area contributed by atoms with E-state index in [9.17, 15) is 26.7 Å². The van der Waals surface area contributed by atoms with Crippen molar-refractivity contribution < 1.29 is 26.7 Å². The maximum absolute atomic E-state index is 13.3. The highest BCUT2D eigenvalue weighted by molar-refractivity contribution is 7.92. The molecule has 0 radical (unpaired) electrons.